The molecular formula is C18H17IN4O. The molecule has 0 fully saturated rings. The van der Waals surface area contributed by atoms with E-state index >= 15 is 0 Å². The smallest absolute Gasteiger partial charge is 0.181 e. The van der Waals surface area contributed by atoms with Crippen molar-refractivity contribution >= 4 is 34.5 Å². The number of aromatic nitrogens is 1. The third-order valence-electron chi connectivity index (χ3n) is 3.45. The maximum Gasteiger partial charge on any atom is 0.181 e. The highest BCUT2D eigenvalue weighted by Gasteiger charge is 2.01. The number of rotatable bonds is 6. The van der Waals surface area contributed by atoms with Crippen LogP contribution < -0.4 is 10.7 Å². The Kier molecular flexibility index (Phi) is 5.60. The number of oxazole rings is 1. The van der Waals surface area contributed by atoms with Gasteiger partial charge in [0.2, 0.25) is 0 Å². The number of nitrogens with zero attached hydrogens (tertiary/aromatic N) is 2. The van der Waals surface area contributed by atoms with Crippen LogP contribution in [-0.4, -0.2) is 18.2 Å². The first-order chi connectivity index (χ1) is 11.8. The Morgan fingerprint density at radius 3 is 2.75 bits per heavy atom. The zero-order valence-corrected chi connectivity index (χ0v) is 15.3. The quantitative estimate of drug-likeness (QED) is 0.350. The van der Waals surface area contributed by atoms with E-state index in [0.717, 1.165) is 29.1 Å². The van der Waals surface area contributed by atoms with Gasteiger partial charge in [0.1, 0.15) is 0 Å². The number of benzene rings is 2. The maximum absolute atomic E-state index is 5.27. The molecule has 0 aliphatic carbocycles. The van der Waals surface area contributed by atoms with Crippen LogP contribution in [0.1, 0.15) is 11.1 Å². The number of hydrogen-bond donors (Lipinski definition) is 2. The predicted octanol–water partition coefficient (Wildman–Crippen LogP) is 4.11. The summed E-state index contributed by atoms with van der Waals surface area (Å²) in [7, 11) is 1.95. The molecule has 6 heteroatoms. The fraction of sp³-hybridized carbons (Fsp3) is 0.111. The van der Waals surface area contributed by atoms with Crippen molar-refractivity contribution < 1.29 is 4.42 Å². The van der Waals surface area contributed by atoms with Crippen molar-refractivity contribution in [1.82, 2.24) is 10.3 Å². The second-order valence-corrected chi connectivity index (χ2v) is 6.36. The lowest BCUT2D eigenvalue weighted by Crippen LogP contribution is -2.07. The lowest BCUT2D eigenvalue weighted by Gasteiger charge is -2.05. The zero-order valence-electron chi connectivity index (χ0n) is 13.2. The molecule has 2 N–H and O–H groups in total. The fourth-order valence-electron chi connectivity index (χ4n) is 2.25. The molecule has 0 bridgehead atoms. The van der Waals surface area contributed by atoms with Crippen LogP contribution in [0.5, 0.6) is 0 Å². The summed E-state index contributed by atoms with van der Waals surface area (Å²) in [6, 6.07) is 14.1. The van der Waals surface area contributed by atoms with E-state index in [1.54, 1.807) is 6.20 Å². The van der Waals surface area contributed by atoms with Crippen LogP contribution in [0.4, 0.5) is 5.69 Å². The lowest BCUT2D eigenvalue weighted by molar-refractivity contribution is 0.572. The highest BCUT2D eigenvalue weighted by Crippen LogP contribution is 2.20. The topological polar surface area (TPSA) is 62.5 Å². The summed E-state index contributed by atoms with van der Waals surface area (Å²) in [6.07, 6.45) is 4.94. The van der Waals surface area contributed by atoms with Crippen LogP contribution in [0, 0.1) is 3.57 Å². The summed E-state index contributed by atoms with van der Waals surface area (Å²) < 4.78 is 6.52. The van der Waals surface area contributed by atoms with E-state index in [-0.39, 0.29) is 0 Å². The Balaban J connectivity index is 1.65. The van der Waals surface area contributed by atoms with Gasteiger partial charge in [-0.1, -0.05) is 6.07 Å². The van der Waals surface area contributed by atoms with Crippen molar-refractivity contribution in [2.24, 2.45) is 5.10 Å². The second kappa shape index (κ2) is 8.07. The normalized spacial score (nSPS) is 11.1. The molecular weight excluding hydrogens is 415 g/mol. The first kappa shape index (κ1) is 16.7. The fourth-order valence-corrected chi connectivity index (χ4v) is 2.78. The molecule has 122 valence electrons. The molecule has 1 heterocycles. The minimum atomic E-state index is 0.751. The highest BCUT2D eigenvalue weighted by molar-refractivity contribution is 14.1. The summed E-state index contributed by atoms with van der Waals surface area (Å²) in [6.45, 7) is 0.844. The van der Waals surface area contributed by atoms with Gasteiger partial charge in [0.25, 0.3) is 0 Å². The SMILES string of the molecule is CNCc1cc(C=NNc2ccc(-c3cnco3)cc2)ccc1I. The third-order valence-corrected chi connectivity index (χ3v) is 4.50. The van der Waals surface area contributed by atoms with Gasteiger partial charge in [-0.2, -0.15) is 5.10 Å². The van der Waals surface area contributed by atoms with Crippen LogP contribution in [0.25, 0.3) is 11.3 Å². The molecule has 0 aliphatic heterocycles. The second-order valence-electron chi connectivity index (χ2n) is 5.19. The predicted molar refractivity (Wildman–Crippen MR) is 105 cm³/mol. The third kappa shape index (κ3) is 4.21. The van der Waals surface area contributed by atoms with E-state index in [4.69, 9.17) is 4.42 Å². The lowest BCUT2D eigenvalue weighted by atomic mass is 10.1. The summed E-state index contributed by atoms with van der Waals surface area (Å²) in [5.41, 5.74) is 7.26. The van der Waals surface area contributed by atoms with Crippen molar-refractivity contribution in [1.29, 1.82) is 0 Å². The Bertz CT molecular complexity index is 814. The van der Waals surface area contributed by atoms with Crippen molar-refractivity contribution in [2.75, 3.05) is 12.5 Å². The van der Waals surface area contributed by atoms with Gasteiger partial charge in [-0.3, -0.25) is 5.43 Å². The molecule has 24 heavy (non-hydrogen) atoms. The molecule has 0 amide bonds. The van der Waals surface area contributed by atoms with Gasteiger partial charge in [-0.15, -0.1) is 0 Å². The van der Waals surface area contributed by atoms with Crippen molar-refractivity contribution in [3.05, 3.63) is 69.8 Å². The van der Waals surface area contributed by atoms with Crippen LogP contribution in [0.15, 0.2) is 64.6 Å². The molecule has 3 aromatic rings. The molecule has 1 aromatic heterocycles. The van der Waals surface area contributed by atoms with Crippen LogP contribution in [-0.2, 0) is 6.54 Å². The van der Waals surface area contributed by atoms with E-state index in [2.05, 4.69) is 61.6 Å². The Morgan fingerprint density at radius 1 is 1.21 bits per heavy atom. The van der Waals surface area contributed by atoms with E-state index in [0.29, 0.717) is 0 Å². The average Bonchev–Trinajstić information content (AvgIpc) is 3.13. The van der Waals surface area contributed by atoms with Crippen LogP contribution in [0.3, 0.4) is 0 Å². The molecule has 5 nitrogen and oxygen atoms in total. The van der Waals surface area contributed by atoms with E-state index in [1.807, 2.05) is 37.5 Å². The summed E-state index contributed by atoms with van der Waals surface area (Å²) >= 11 is 2.34. The summed E-state index contributed by atoms with van der Waals surface area (Å²) in [5.74, 6) is 0.751. The first-order valence-corrected chi connectivity index (χ1v) is 8.55. The number of nitrogens with one attached hydrogen (secondary N) is 2. The largest absolute Gasteiger partial charge is 0.444 e. The minimum Gasteiger partial charge on any atom is -0.444 e. The molecule has 0 saturated heterocycles. The molecule has 0 unspecified atom stereocenters. The van der Waals surface area contributed by atoms with Crippen LogP contribution >= 0.6 is 22.6 Å². The van der Waals surface area contributed by atoms with Crippen molar-refractivity contribution in [3.8, 4) is 11.3 Å². The standard InChI is InChI=1S/C18H17IN4O/c1-20-10-15-8-13(2-7-17(15)19)9-22-23-16-5-3-14(4-6-16)18-11-21-12-24-18/h2-9,11-12,20,23H,10H2,1H3. The van der Waals surface area contributed by atoms with Gasteiger partial charge in [0.05, 0.1) is 18.1 Å². The number of anilines is 1. The van der Waals surface area contributed by atoms with Gasteiger partial charge in [-0.05, 0) is 77.2 Å². The van der Waals surface area contributed by atoms with E-state index in [1.165, 1.54) is 15.5 Å². The molecule has 0 aliphatic rings. The van der Waals surface area contributed by atoms with Gasteiger partial charge in [0, 0.05) is 15.7 Å². The molecule has 0 spiro atoms. The first-order valence-electron chi connectivity index (χ1n) is 7.47. The van der Waals surface area contributed by atoms with Gasteiger partial charge >= 0.3 is 0 Å². The minimum absolute atomic E-state index is 0.751. The Hall–Kier alpha value is -2.19. The van der Waals surface area contributed by atoms with E-state index < -0.39 is 0 Å². The van der Waals surface area contributed by atoms with Crippen LogP contribution in [0.2, 0.25) is 0 Å². The highest BCUT2D eigenvalue weighted by atomic mass is 127. The summed E-state index contributed by atoms with van der Waals surface area (Å²) in [4.78, 5) is 3.92. The molecule has 0 radical (unpaired) electrons. The zero-order chi connectivity index (χ0) is 16.8. The summed E-state index contributed by atoms with van der Waals surface area (Å²) in [5, 5.41) is 7.48. The number of halogens is 1. The monoisotopic (exact) mass is 432 g/mol. The van der Waals surface area contributed by atoms with Crippen molar-refractivity contribution in [3.63, 3.8) is 0 Å². The number of hydrazone groups is 1. The van der Waals surface area contributed by atoms with Gasteiger partial charge in [0.15, 0.2) is 12.2 Å². The Morgan fingerprint density at radius 2 is 2.04 bits per heavy atom. The van der Waals surface area contributed by atoms with Crippen molar-refractivity contribution in [2.45, 2.75) is 6.54 Å². The maximum atomic E-state index is 5.27. The average molecular weight is 432 g/mol. The molecule has 3 rings (SSSR count). The molecule has 2 aromatic carbocycles. The molecule has 0 saturated carbocycles. The Labute approximate surface area is 154 Å². The molecule has 0 atom stereocenters. The van der Waals surface area contributed by atoms with Gasteiger partial charge in [-0.25, -0.2) is 4.98 Å². The van der Waals surface area contributed by atoms with E-state index in [9.17, 15) is 0 Å². The van der Waals surface area contributed by atoms with Gasteiger partial charge < -0.3 is 9.73 Å². The number of hydrogen-bond acceptors (Lipinski definition) is 5.